The molecule has 4 aromatic heterocycles. The van der Waals surface area contributed by atoms with E-state index in [4.69, 9.17) is 0 Å². The topological polar surface area (TPSA) is 77.1 Å². The average Bonchev–Trinajstić information content (AvgIpc) is 3.29. The molecule has 0 aliphatic heterocycles. The molecule has 7 heteroatoms. The van der Waals surface area contributed by atoms with E-state index in [0.29, 0.717) is 18.1 Å². The molecule has 4 heterocycles. The molecule has 0 unspecified atom stereocenters. The molecule has 0 aliphatic rings. The van der Waals surface area contributed by atoms with Gasteiger partial charge in [-0.25, -0.2) is 14.6 Å². The number of carbonyl (C=O) groups is 1. The first-order valence-electron chi connectivity index (χ1n) is 7.46. The van der Waals surface area contributed by atoms with Gasteiger partial charge < -0.3 is 9.72 Å². The van der Waals surface area contributed by atoms with Gasteiger partial charge in [0.2, 0.25) is 0 Å². The van der Waals surface area contributed by atoms with Crippen molar-refractivity contribution in [3.8, 4) is 5.82 Å². The second-order valence-corrected chi connectivity index (χ2v) is 5.25. The molecule has 24 heavy (non-hydrogen) atoms. The third-order valence-corrected chi connectivity index (χ3v) is 3.60. The van der Waals surface area contributed by atoms with Gasteiger partial charge in [-0.15, -0.1) is 0 Å². The minimum atomic E-state index is -0.212. The van der Waals surface area contributed by atoms with Gasteiger partial charge in [0.1, 0.15) is 11.3 Å². The molecule has 1 N–H and O–H groups in total. The second kappa shape index (κ2) is 5.96. The third kappa shape index (κ3) is 2.74. The first-order valence-corrected chi connectivity index (χ1v) is 7.46. The molecule has 4 rings (SSSR count). The molecular formula is C17H14N6O. The molecule has 0 radical (unpaired) electrons. The highest BCUT2D eigenvalue weighted by Crippen LogP contribution is 2.07. The number of amides is 1. The van der Waals surface area contributed by atoms with Crippen LogP contribution < -0.4 is 5.32 Å². The van der Waals surface area contributed by atoms with Crippen LogP contribution in [0.3, 0.4) is 0 Å². The standard InChI is InChI=1S/C17H14N6O/c24-17(14-12-22-8-2-1-4-15(22)21-14)19-11-13-5-7-18-16(10-13)23-9-3-6-20-23/h1-10,12H,11H2,(H,19,24). The van der Waals surface area contributed by atoms with Crippen LogP contribution in [0.25, 0.3) is 11.5 Å². The molecule has 7 nitrogen and oxygen atoms in total. The first-order chi connectivity index (χ1) is 11.8. The predicted octanol–water partition coefficient (Wildman–Crippen LogP) is 1.84. The Hall–Kier alpha value is -3.48. The maximum absolute atomic E-state index is 12.3. The van der Waals surface area contributed by atoms with Gasteiger partial charge in [0, 0.05) is 37.5 Å². The zero-order chi connectivity index (χ0) is 16.4. The summed E-state index contributed by atoms with van der Waals surface area (Å²) in [6, 6.07) is 11.2. The van der Waals surface area contributed by atoms with Crippen LogP contribution in [0.1, 0.15) is 16.1 Å². The van der Waals surface area contributed by atoms with Crippen molar-refractivity contribution in [2.45, 2.75) is 6.54 Å². The minimum absolute atomic E-state index is 0.212. The summed E-state index contributed by atoms with van der Waals surface area (Å²) >= 11 is 0. The Kier molecular flexibility index (Phi) is 3.51. The van der Waals surface area contributed by atoms with E-state index in [1.807, 2.05) is 53.2 Å². The highest BCUT2D eigenvalue weighted by molar-refractivity contribution is 5.92. The molecule has 0 aliphatic carbocycles. The lowest BCUT2D eigenvalue weighted by Gasteiger charge is -2.05. The lowest BCUT2D eigenvalue weighted by molar-refractivity contribution is 0.0946. The number of pyridine rings is 2. The summed E-state index contributed by atoms with van der Waals surface area (Å²) in [5.74, 6) is 0.496. The van der Waals surface area contributed by atoms with E-state index in [1.54, 1.807) is 23.3 Å². The predicted molar refractivity (Wildman–Crippen MR) is 87.7 cm³/mol. The monoisotopic (exact) mass is 318 g/mol. The van der Waals surface area contributed by atoms with Crippen molar-refractivity contribution >= 4 is 11.6 Å². The summed E-state index contributed by atoms with van der Waals surface area (Å²) in [5.41, 5.74) is 2.07. The summed E-state index contributed by atoms with van der Waals surface area (Å²) in [6.07, 6.45) is 8.79. The maximum atomic E-state index is 12.3. The van der Waals surface area contributed by atoms with E-state index in [0.717, 1.165) is 11.2 Å². The fourth-order valence-corrected chi connectivity index (χ4v) is 2.42. The van der Waals surface area contributed by atoms with E-state index in [9.17, 15) is 4.79 Å². The van der Waals surface area contributed by atoms with Crippen molar-refractivity contribution in [2.75, 3.05) is 0 Å². The fourth-order valence-electron chi connectivity index (χ4n) is 2.42. The smallest absolute Gasteiger partial charge is 0.271 e. The van der Waals surface area contributed by atoms with Crippen molar-refractivity contribution in [3.05, 3.63) is 78.6 Å². The van der Waals surface area contributed by atoms with Crippen molar-refractivity contribution in [3.63, 3.8) is 0 Å². The van der Waals surface area contributed by atoms with Crippen LogP contribution in [0.15, 0.2) is 67.4 Å². The molecule has 0 atom stereocenters. The highest BCUT2D eigenvalue weighted by atomic mass is 16.1. The normalized spacial score (nSPS) is 10.8. The van der Waals surface area contributed by atoms with Crippen molar-refractivity contribution in [1.29, 1.82) is 0 Å². The van der Waals surface area contributed by atoms with Gasteiger partial charge >= 0.3 is 0 Å². The molecule has 0 aromatic carbocycles. The van der Waals surface area contributed by atoms with Gasteiger partial charge in [0.25, 0.3) is 5.91 Å². The quantitative estimate of drug-likeness (QED) is 0.623. The van der Waals surface area contributed by atoms with E-state index < -0.39 is 0 Å². The molecule has 0 saturated carbocycles. The zero-order valence-corrected chi connectivity index (χ0v) is 12.7. The molecule has 118 valence electrons. The van der Waals surface area contributed by atoms with Gasteiger partial charge in [-0.05, 0) is 35.9 Å². The van der Waals surface area contributed by atoms with Gasteiger partial charge in [-0.2, -0.15) is 5.10 Å². The number of fused-ring (bicyclic) bond motifs is 1. The lowest BCUT2D eigenvalue weighted by Crippen LogP contribution is -2.23. The number of rotatable bonds is 4. The maximum Gasteiger partial charge on any atom is 0.271 e. The van der Waals surface area contributed by atoms with Crippen molar-refractivity contribution < 1.29 is 4.79 Å². The van der Waals surface area contributed by atoms with Crippen molar-refractivity contribution in [1.82, 2.24) is 29.5 Å². The Labute approximate surface area is 137 Å². The van der Waals surface area contributed by atoms with Crippen LogP contribution in [0.4, 0.5) is 0 Å². The molecule has 0 bridgehead atoms. The van der Waals surface area contributed by atoms with Gasteiger partial charge in [-0.3, -0.25) is 4.79 Å². The molecular weight excluding hydrogens is 304 g/mol. The Balaban J connectivity index is 1.48. The Morgan fingerprint density at radius 1 is 1.12 bits per heavy atom. The molecule has 4 aromatic rings. The lowest BCUT2D eigenvalue weighted by atomic mass is 10.2. The van der Waals surface area contributed by atoms with Crippen LogP contribution >= 0.6 is 0 Å². The van der Waals surface area contributed by atoms with Crippen LogP contribution in [-0.2, 0) is 6.54 Å². The van der Waals surface area contributed by atoms with Crippen LogP contribution in [-0.4, -0.2) is 30.1 Å². The van der Waals surface area contributed by atoms with Crippen LogP contribution in [0, 0.1) is 0 Å². The minimum Gasteiger partial charge on any atom is -0.347 e. The number of hydrogen-bond acceptors (Lipinski definition) is 4. The zero-order valence-electron chi connectivity index (χ0n) is 12.7. The first kappa shape index (κ1) is 14.1. The molecule has 0 fully saturated rings. The average molecular weight is 318 g/mol. The summed E-state index contributed by atoms with van der Waals surface area (Å²) in [4.78, 5) is 20.9. The summed E-state index contributed by atoms with van der Waals surface area (Å²) in [6.45, 7) is 0.392. The largest absolute Gasteiger partial charge is 0.347 e. The molecule has 0 spiro atoms. The van der Waals surface area contributed by atoms with E-state index >= 15 is 0 Å². The van der Waals surface area contributed by atoms with Crippen LogP contribution in [0.5, 0.6) is 0 Å². The van der Waals surface area contributed by atoms with Crippen LogP contribution in [0.2, 0.25) is 0 Å². The van der Waals surface area contributed by atoms with E-state index in [2.05, 4.69) is 20.4 Å². The third-order valence-electron chi connectivity index (χ3n) is 3.60. The Bertz CT molecular complexity index is 956. The highest BCUT2D eigenvalue weighted by Gasteiger charge is 2.10. The summed E-state index contributed by atoms with van der Waals surface area (Å²) in [5, 5.41) is 7.03. The fraction of sp³-hybridized carbons (Fsp3) is 0.0588. The van der Waals surface area contributed by atoms with Gasteiger partial charge in [0.05, 0.1) is 0 Å². The Morgan fingerprint density at radius 3 is 2.92 bits per heavy atom. The molecule has 1 amide bonds. The number of imidazole rings is 1. The number of hydrogen-bond donors (Lipinski definition) is 1. The second-order valence-electron chi connectivity index (χ2n) is 5.25. The number of aromatic nitrogens is 5. The summed E-state index contributed by atoms with van der Waals surface area (Å²) in [7, 11) is 0. The summed E-state index contributed by atoms with van der Waals surface area (Å²) < 4.78 is 3.49. The van der Waals surface area contributed by atoms with Crippen molar-refractivity contribution in [2.24, 2.45) is 0 Å². The molecule has 0 saturated heterocycles. The SMILES string of the molecule is O=C(NCc1ccnc(-n2cccn2)c1)c1cn2ccccc2n1. The van der Waals surface area contributed by atoms with E-state index in [-0.39, 0.29) is 5.91 Å². The number of nitrogens with zero attached hydrogens (tertiary/aromatic N) is 5. The van der Waals surface area contributed by atoms with Gasteiger partial charge in [0.15, 0.2) is 5.82 Å². The number of carbonyl (C=O) groups excluding carboxylic acids is 1. The van der Waals surface area contributed by atoms with Gasteiger partial charge in [-0.1, -0.05) is 6.07 Å². The van der Waals surface area contributed by atoms with E-state index in [1.165, 1.54) is 0 Å². The number of nitrogens with one attached hydrogen (secondary N) is 1. The Morgan fingerprint density at radius 2 is 2.08 bits per heavy atom.